The number of aliphatic hydroxyl groups excluding tert-OH is 1. The van der Waals surface area contributed by atoms with E-state index in [1.165, 1.54) is 0 Å². The van der Waals surface area contributed by atoms with Crippen molar-refractivity contribution < 1.29 is 24.3 Å². The lowest BCUT2D eigenvalue weighted by Gasteiger charge is -2.57. The Morgan fingerprint density at radius 3 is 1.92 bits per heavy atom. The summed E-state index contributed by atoms with van der Waals surface area (Å²) in [5.74, 6) is -1.47. The van der Waals surface area contributed by atoms with Crippen LogP contribution in [0.4, 0.5) is 0 Å². The number of piperazine rings is 1. The van der Waals surface area contributed by atoms with Gasteiger partial charge in [-0.25, -0.2) is 0 Å². The second-order valence-corrected chi connectivity index (χ2v) is 13.9. The number of amides is 4. The van der Waals surface area contributed by atoms with E-state index in [0.717, 1.165) is 24.0 Å². The van der Waals surface area contributed by atoms with Crippen molar-refractivity contribution in [1.82, 2.24) is 25.8 Å². The molecular weight excluding hydrogens is 622 g/mol. The molecule has 12 heteroatoms. The van der Waals surface area contributed by atoms with E-state index in [1.807, 2.05) is 79.4 Å². The van der Waals surface area contributed by atoms with Gasteiger partial charge in [-0.1, -0.05) is 74.5 Å². The zero-order chi connectivity index (χ0) is 35.3. The van der Waals surface area contributed by atoms with Gasteiger partial charge in [0.15, 0.2) is 0 Å². The molecule has 6 unspecified atom stereocenters. The Morgan fingerprint density at radius 1 is 0.796 bits per heavy atom. The van der Waals surface area contributed by atoms with Crippen LogP contribution in [0.25, 0.3) is 0 Å². The molecule has 0 spiro atoms. The van der Waals surface area contributed by atoms with Gasteiger partial charge in [0.05, 0.1) is 12.6 Å². The summed E-state index contributed by atoms with van der Waals surface area (Å²) in [5, 5.41) is 18.1. The maximum Gasteiger partial charge on any atom is 0.245 e. The molecule has 2 bridgehead atoms. The number of carbonyl (C=O) groups is 4. The van der Waals surface area contributed by atoms with Gasteiger partial charge in [-0.2, -0.15) is 0 Å². The van der Waals surface area contributed by atoms with Gasteiger partial charge in [-0.3, -0.25) is 24.1 Å². The molecule has 0 radical (unpaired) electrons. The van der Waals surface area contributed by atoms with Crippen LogP contribution in [0.5, 0.6) is 0 Å². The number of nitrogens with two attached hydrogens (primary N) is 2. The average molecular weight is 678 g/mol. The van der Waals surface area contributed by atoms with Gasteiger partial charge >= 0.3 is 0 Å². The number of nitrogens with one attached hydrogen (secondary N) is 3. The fourth-order valence-electron chi connectivity index (χ4n) is 6.86. The standard InChI is InChI=1S/C37H55N7O5/c1-25(2)19-32(35(47)40-31(15-9-10-16-38)37(49)44-28-22-29(44)24-43(23-28)17-18-45)42-36(48)33(21-27-13-7-4-8-14-27)41-34(46)30(39)20-26-11-5-3-6-12-26/h3-8,11-14,25,28-33,45H,9-10,15-24,38-39H2,1-2H3,(H,40,47)(H,41,46)(H,42,48). The third kappa shape index (κ3) is 11.1. The number of rotatable bonds is 19. The number of piperidine rings is 1. The zero-order valence-corrected chi connectivity index (χ0v) is 28.9. The second-order valence-electron chi connectivity index (χ2n) is 13.9. The second kappa shape index (κ2) is 18.8. The Balaban J connectivity index is 1.47. The van der Waals surface area contributed by atoms with Crippen molar-refractivity contribution in [1.29, 1.82) is 0 Å². The Kier molecular flexibility index (Phi) is 14.6. The van der Waals surface area contributed by atoms with Crippen LogP contribution >= 0.6 is 0 Å². The Bertz CT molecular complexity index is 1350. The highest BCUT2D eigenvalue weighted by Crippen LogP contribution is 2.33. The van der Waals surface area contributed by atoms with Gasteiger partial charge in [0.1, 0.15) is 18.1 Å². The highest BCUT2D eigenvalue weighted by Gasteiger charge is 2.48. The summed E-state index contributed by atoms with van der Waals surface area (Å²) >= 11 is 0. The molecular formula is C37H55N7O5. The van der Waals surface area contributed by atoms with Crippen molar-refractivity contribution in [3.05, 3.63) is 71.8 Å². The molecule has 2 aromatic carbocycles. The van der Waals surface area contributed by atoms with E-state index in [9.17, 15) is 24.3 Å². The van der Waals surface area contributed by atoms with Crippen molar-refractivity contribution in [2.75, 3.05) is 32.8 Å². The van der Waals surface area contributed by atoms with Crippen LogP contribution in [0.15, 0.2) is 60.7 Å². The van der Waals surface area contributed by atoms with Gasteiger partial charge in [-0.05, 0) is 62.1 Å². The number of hydrogen-bond donors (Lipinski definition) is 6. The summed E-state index contributed by atoms with van der Waals surface area (Å²) < 4.78 is 0. The minimum atomic E-state index is -0.983. The summed E-state index contributed by atoms with van der Waals surface area (Å²) in [7, 11) is 0. The van der Waals surface area contributed by atoms with Gasteiger partial charge in [0, 0.05) is 38.1 Å². The summed E-state index contributed by atoms with van der Waals surface area (Å²) in [6.07, 6.45) is 3.59. The predicted octanol–water partition coefficient (Wildman–Crippen LogP) is 0.706. The molecule has 0 aliphatic carbocycles. The monoisotopic (exact) mass is 677 g/mol. The molecule has 0 saturated carbocycles. The Morgan fingerprint density at radius 2 is 1.35 bits per heavy atom. The summed E-state index contributed by atoms with van der Waals surface area (Å²) in [4.78, 5) is 59.1. The minimum absolute atomic E-state index is 0.0495. The molecule has 12 nitrogen and oxygen atoms in total. The lowest BCUT2D eigenvalue weighted by Crippen LogP contribution is -2.72. The third-order valence-electron chi connectivity index (χ3n) is 9.39. The van der Waals surface area contributed by atoms with Crippen LogP contribution in [0.3, 0.4) is 0 Å². The molecule has 2 aliphatic heterocycles. The molecule has 4 rings (SSSR count). The van der Waals surface area contributed by atoms with Crippen molar-refractivity contribution in [3.63, 3.8) is 0 Å². The highest BCUT2D eigenvalue weighted by molar-refractivity contribution is 5.95. The fourth-order valence-corrected chi connectivity index (χ4v) is 6.86. The molecule has 0 aromatic heterocycles. The number of benzene rings is 2. The molecule has 2 heterocycles. The first-order valence-electron chi connectivity index (χ1n) is 17.7. The van der Waals surface area contributed by atoms with E-state index in [1.54, 1.807) is 0 Å². The van der Waals surface area contributed by atoms with Crippen LogP contribution in [-0.2, 0) is 32.0 Å². The van der Waals surface area contributed by atoms with Crippen molar-refractivity contribution in [3.8, 4) is 0 Å². The van der Waals surface area contributed by atoms with Gasteiger partial charge < -0.3 is 37.4 Å². The third-order valence-corrected chi connectivity index (χ3v) is 9.39. The number of aliphatic hydroxyl groups is 1. The number of carbonyl (C=O) groups excluding carboxylic acids is 4. The van der Waals surface area contributed by atoms with E-state index in [-0.39, 0.29) is 36.9 Å². The maximum atomic E-state index is 13.9. The molecule has 8 N–H and O–H groups in total. The number of β-amino-alcohol motifs (C(OH)–C–C–N with tert-alkyl or cyclic N) is 1. The van der Waals surface area contributed by atoms with Crippen LogP contribution in [0, 0.1) is 5.92 Å². The van der Waals surface area contributed by atoms with Crippen LogP contribution in [0.2, 0.25) is 0 Å². The van der Waals surface area contributed by atoms with E-state index in [0.29, 0.717) is 51.9 Å². The fraction of sp³-hybridized carbons (Fsp3) is 0.568. The van der Waals surface area contributed by atoms with E-state index >= 15 is 0 Å². The number of fused-ring (bicyclic) bond motifs is 2. The number of likely N-dealkylation sites (tertiary alicyclic amines) is 2. The number of hydrogen-bond acceptors (Lipinski definition) is 8. The largest absolute Gasteiger partial charge is 0.395 e. The highest BCUT2D eigenvalue weighted by atomic mass is 16.3. The average Bonchev–Trinajstić information content (AvgIpc) is 3.08. The zero-order valence-electron chi connectivity index (χ0n) is 28.9. The molecule has 2 aliphatic rings. The maximum absolute atomic E-state index is 13.9. The van der Waals surface area contributed by atoms with E-state index < -0.39 is 41.9 Å². The van der Waals surface area contributed by atoms with Crippen molar-refractivity contribution >= 4 is 23.6 Å². The normalized spacial score (nSPS) is 19.7. The molecule has 2 fully saturated rings. The SMILES string of the molecule is CC(C)CC(NC(=O)C(Cc1ccccc1)NC(=O)C(N)Cc1ccccc1)C(=O)NC(CCCCN)C(=O)N1C2CC1CN(CCO)C2. The van der Waals surface area contributed by atoms with Crippen molar-refractivity contribution in [2.45, 2.75) is 95.0 Å². The molecule has 49 heavy (non-hydrogen) atoms. The number of unbranched alkanes of at least 4 members (excludes halogenated alkanes) is 1. The minimum Gasteiger partial charge on any atom is -0.395 e. The van der Waals surface area contributed by atoms with Crippen LogP contribution < -0.4 is 27.4 Å². The summed E-state index contributed by atoms with van der Waals surface area (Å²) in [5.41, 5.74) is 13.8. The Labute approximate surface area is 290 Å². The first-order valence-corrected chi connectivity index (χ1v) is 17.7. The summed E-state index contributed by atoms with van der Waals surface area (Å²) in [6, 6.07) is 15.3. The Hall–Kier alpha value is -3.84. The van der Waals surface area contributed by atoms with Crippen LogP contribution in [-0.4, -0.2) is 108 Å². The molecule has 2 aromatic rings. The van der Waals surface area contributed by atoms with Gasteiger partial charge in [0.2, 0.25) is 23.6 Å². The number of nitrogens with zero attached hydrogens (tertiary/aromatic N) is 2. The molecule has 2 saturated heterocycles. The molecule has 6 atom stereocenters. The van der Waals surface area contributed by atoms with E-state index in [4.69, 9.17) is 11.5 Å². The topological polar surface area (TPSA) is 183 Å². The lowest BCUT2D eigenvalue weighted by atomic mass is 9.86. The molecule has 4 amide bonds. The van der Waals surface area contributed by atoms with Gasteiger partial charge in [0.25, 0.3) is 0 Å². The first-order chi connectivity index (χ1) is 23.6. The molecule has 268 valence electrons. The van der Waals surface area contributed by atoms with E-state index in [2.05, 4.69) is 20.9 Å². The lowest BCUT2D eigenvalue weighted by molar-refractivity contribution is -0.158. The summed E-state index contributed by atoms with van der Waals surface area (Å²) in [6.45, 7) is 6.44. The van der Waals surface area contributed by atoms with Gasteiger partial charge in [-0.15, -0.1) is 0 Å². The quantitative estimate of drug-likeness (QED) is 0.118. The first kappa shape index (κ1) is 38.0. The predicted molar refractivity (Wildman–Crippen MR) is 189 cm³/mol. The smallest absolute Gasteiger partial charge is 0.245 e. The van der Waals surface area contributed by atoms with Crippen molar-refractivity contribution in [2.24, 2.45) is 17.4 Å². The van der Waals surface area contributed by atoms with Crippen LogP contribution in [0.1, 0.15) is 57.1 Å².